The lowest BCUT2D eigenvalue weighted by molar-refractivity contribution is 0.256. The summed E-state index contributed by atoms with van der Waals surface area (Å²) in [7, 11) is 0. The van der Waals surface area contributed by atoms with Gasteiger partial charge in [-0.25, -0.2) is 0 Å². The molecule has 0 bridgehead atoms. The molecule has 0 aliphatic carbocycles. The topological polar surface area (TPSA) is 79.4 Å². The fraction of sp³-hybridized carbons (Fsp3) is 0.375. The van der Waals surface area contributed by atoms with Crippen LogP contribution in [-0.4, -0.2) is 21.8 Å². The van der Waals surface area contributed by atoms with Gasteiger partial charge in [-0.1, -0.05) is 6.07 Å². The highest BCUT2D eigenvalue weighted by molar-refractivity contribution is 5.22. The zero-order chi connectivity index (χ0) is 8.97. The number of hydrogen-bond donors (Lipinski definition) is 3. The number of nitrogens with zero attached hydrogens (tertiary/aromatic N) is 1. The fourth-order valence-corrected chi connectivity index (χ4v) is 1.02. The Hall–Kier alpha value is -0.970. The molecule has 4 heteroatoms. The van der Waals surface area contributed by atoms with Gasteiger partial charge in [0.25, 0.3) is 0 Å². The Balaban J connectivity index is 2.96. The van der Waals surface area contributed by atoms with Crippen LogP contribution in [0, 0.1) is 0 Å². The van der Waals surface area contributed by atoms with Crippen molar-refractivity contribution in [2.75, 3.05) is 6.61 Å². The van der Waals surface area contributed by atoms with Crippen LogP contribution in [-0.2, 0) is 6.61 Å². The lowest BCUT2D eigenvalue weighted by Crippen LogP contribution is -2.17. The summed E-state index contributed by atoms with van der Waals surface area (Å²) in [5.41, 5.74) is 6.79. The van der Waals surface area contributed by atoms with E-state index in [1.54, 1.807) is 18.3 Å². The van der Waals surface area contributed by atoms with Gasteiger partial charge in [-0.05, 0) is 11.6 Å². The van der Waals surface area contributed by atoms with Gasteiger partial charge in [0.15, 0.2) is 0 Å². The molecule has 66 valence electrons. The standard InChI is InChI=1S/C8H12N2O2/c9-7(4-11)6-2-1-3-10-8(6)5-12/h1-3,7,11-12H,4-5,9H2/t7-/m0/s1. The molecule has 0 amide bonds. The highest BCUT2D eigenvalue weighted by Gasteiger charge is 2.09. The number of hydrogen-bond acceptors (Lipinski definition) is 4. The molecule has 0 spiro atoms. The van der Waals surface area contributed by atoms with Crippen molar-refractivity contribution < 1.29 is 10.2 Å². The molecule has 0 aromatic carbocycles. The minimum Gasteiger partial charge on any atom is -0.394 e. The first-order chi connectivity index (χ1) is 5.79. The van der Waals surface area contributed by atoms with Crippen LogP contribution in [0.4, 0.5) is 0 Å². The van der Waals surface area contributed by atoms with E-state index >= 15 is 0 Å². The van der Waals surface area contributed by atoms with Crippen LogP contribution in [0.2, 0.25) is 0 Å². The molecule has 1 atom stereocenters. The van der Waals surface area contributed by atoms with Gasteiger partial charge in [0.2, 0.25) is 0 Å². The molecule has 0 radical (unpaired) electrons. The maximum absolute atomic E-state index is 8.86. The van der Waals surface area contributed by atoms with Crippen molar-refractivity contribution >= 4 is 0 Å². The first-order valence-electron chi connectivity index (χ1n) is 3.70. The minimum atomic E-state index is -0.458. The number of rotatable bonds is 3. The Kier molecular flexibility index (Phi) is 3.16. The third kappa shape index (κ3) is 1.79. The van der Waals surface area contributed by atoms with Gasteiger partial charge in [-0.3, -0.25) is 4.98 Å². The monoisotopic (exact) mass is 168 g/mol. The van der Waals surface area contributed by atoms with Crippen molar-refractivity contribution in [1.29, 1.82) is 0 Å². The number of aliphatic hydroxyl groups excluding tert-OH is 2. The number of nitrogens with two attached hydrogens (primary N) is 1. The molecule has 4 N–H and O–H groups in total. The van der Waals surface area contributed by atoms with Crippen LogP contribution in [0.1, 0.15) is 17.3 Å². The zero-order valence-electron chi connectivity index (χ0n) is 6.64. The second-order valence-corrected chi connectivity index (χ2v) is 2.49. The van der Waals surface area contributed by atoms with Crippen molar-refractivity contribution in [2.24, 2.45) is 5.73 Å². The largest absolute Gasteiger partial charge is 0.394 e. The molecule has 1 heterocycles. The molecule has 12 heavy (non-hydrogen) atoms. The summed E-state index contributed by atoms with van der Waals surface area (Å²) in [6, 6.07) is 3.02. The molecule has 0 saturated heterocycles. The van der Waals surface area contributed by atoms with Crippen LogP contribution < -0.4 is 5.73 Å². The molecule has 1 aromatic rings. The van der Waals surface area contributed by atoms with Crippen molar-refractivity contribution in [3.8, 4) is 0 Å². The molecule has 0 unspecified atom stereocenters. The Morgan fingerprint density at radius 3 is 2.83 bits per heavy atom. The molecule has 0 aliphatic heterocycles. The predicted octanol–water partition coefficient (Wildman–Crippen LogP) is -0.434. The van der Waals surface area contributed by atoms with Gasteiger partial charge in [0, 0.05) is 6.20 Å². The first-order valence-corrected chi connectivity index (χ1v) is 3.70. The van der Waals surface area contributed by atoms with Gasteiger partial charge < -0.3 is 15.9 Å². The third-order valence-corrected chi connectivity index (χ3v) is 1.67. The Bertz CT molecular complexity index is 253. The van der Waals surface area contributed by atoms with Gasteiger partial charge in [0.05, 0.1) is 24.9 Å². The second-order valence-electron chi connectivity index (χ2n) is 2.49. The van der Waals surface area contributed by atoms with Crippen LogP contribution in [0.15, 0.2) is 18.3 Å². The molecule has 0 aliphatic rings. The molecule has 1 aromatic heterocycles. The van der Waals surface area contributed by atoms with E-state index in [0.717, 1.165) is 0 Å². The smallest absolute Gasteiger partial charge is 0.0856 e. The Morgan fingerprint density at radius 2 is 2.25 bits per heavy atom. The number of pyridine rings is 1. The molecular weight excluding hydrogens is 156 g/mol. The molecule has 1 rings (SSSR count). The van der Waals surface area contributed by atoms with Gasteiger partial charge in [-0.2, -0.15) is 0 Å². The SMILES string of the molecule is N[C@@H](CO)c1cccnc1CO. The van der Waals surface area contributed by atoms with E-state index in [1.807, 2.05) is 0 Å². The number of aromatic nitrogens is 1. The zero-order valence-corrected chi connectivity index (χ0v) is 6.64. The van der Waals surface area contributed by atoms with Crippen molar-refractivity contribution in [1.82, 2.24) is 4.98 Å². The maximum Gasteiger partial charge on any atom is 0.0856 e. The summed E-state index contributed by atoms with van der Waals surface area (Å²) >= 11 is 0. The average Bonchev–Trinajstić information content (AvgIpc) is 2.16. The van der Waals surface area contributed by atoms with Crippen LogP contribution in [0.5, 0.6) is 0 Å². The minimum absolute atomic E-state index is 0.140. The lowest BCUT2D eigenvalue weighted by atomic mass is 10.1. The number of aliphatic hydroxyl groups is 2. The normalized spacial score (nSPS) is 12.9. The summed E-state index contributed by atoms with van der Waals surface area (Å²) in [5.74, 6) is 0. The van der Waals surface area contributed by atoms with E-state index in [2.05, 4.69) is 4.98 Å². The summed E-state index contributed by atoms with van der Waals surface area (Å²) in [6.45, 7) is -0.289. The maximum atomic E-state index is 8.86. The summed E-state index contributed by atoms with van der Waals surface area (Å²) in [4.78, 5) is 3.93. The molecule has 0 fully saturated rings. The van der Waals surface area contributed by atoms with Crippen LogP contribution in [0.25, 0.3) is 0 Å². The average molecular weight is 168 g/mol. The van der Waals surface area contributed by atoms with Crippen molar-refractivity contribution in [3.63, 3.8) is 0 Å². The molecule has 0 saturated carbocycles. The van der Waals surface area contributed by atoms with Crippen LogP contribution >= 0.6 is 0 Å². The second kappa shape index (κ2) is 4.15. The van der Waals surface area contributed by atoms with Crippen molar-refractivity contribution in [3.05, 3.63) is 29.6 Å². The van der Waals surface area contributed by atoms with E-state index in [0.29, 0.717) is 11.3 Å². The van der Waals surface area contributed by atoms with Gasteiger partial charge in [0.1, 0.15) is 0 Å². The van der Waals surface area contributed by atoms with Gasteiger partial charge >= 0.3 is 0 Å². The van der Waals surface area contributed by atoms with Crippen LogP contribution in [0.3, 0.4) is 0 Å². The lowest BCUT2D eigenvalue weighted by Gasteiger charge is -2.10. The summed E-state index contributed by atoms with van der Waals surface area (Å²) < 4.78 is 0. The van der Waals surface area contributed by atoms with E-state index in [1.165, 1.54) is 0 Å². The summed E-state index contributed by atoms with van der Waals surface area (Å²) in [5, 5.41) is 17.6. The highest BCUT2D eigenvalue weighted by Crippen LogP contribution is 2.12. The third-order valence-electron chi connectivity index (χ3n) is 1.67. The van der Waals surface area contributed by atoms with E-state index in [4.69, 9.17) is 15.9 Å². The van der Waals surface area contributed by atoms with Crippen molar-refractivity contribution in [2.45, 2.75) is 12.6 Å². The molecule has 4 nitrogen and oxygen atoms in total. The highest BCUT2D eigenvalue weighted by atomic mass is 16.3. The summed E-state index contributed by atoms with van der Waals surface area (Å²) in [6.07, 6.45) is 1.58. The Labute approximate surface area is 70.7 Å². The van der Waals surface area contributed by atoms with Gasteiger partial charge in [-0.15, -0.1) is 0 Å². The molecular formula is C8H12N2O2. The van der Waals surface area contributed by atoms with E-state index in [9.17, 15) is 0 Å². The van der Waals surface area contributed by atoms with E-state index < -0.39 is 6.04 Å². The quantitative estimate of drug-likeness (QED) is 0.572. The first kappa shape index (κ1) is 9.12. The fourth-order valence-electron chi connectivity index (χ4n) is 1.02. The predicted molar refractivity (Wildman–Crippen MR) is 44.2 cm³/mol. The van der Waals surface area contributed by atoms with E-state index in [-0.39, 0.29) is 13.2 Å². The Morgan fingerprint density at radius 1 is 1.50 bits per heavy atom.